The monoisotopic (exact) mass is 382 g/mol. The SMILES string of the molecule is COc1ccc([C@@H]2CCc3ccccc3[C@@H]2C2C(=O)c3ccccc3C2=O)cc1. The highest BCUT2D eigenvalue weighted by molar-refractivity contribution is 6.27. The molecule has 0 heterocycles. The third-order valence-corrected chi connectivity index (χ3v) is 6.50. The Kier molecular flexibility index (Phi) is 4.31. The molecule has 29 heavy (non-hydrogen) atoms. The maximum Gasteiger partial charge on any atom is 0.175 e. The van der Waals surface area contributed by atoms with Crippen LogP contribution in [0.25, 0.3) is 0 Å². The first-order chi connectivity index (χ1) is 14.2. The summed E-state index contributed by atoms with van der Waals surface area (Å²) in [7, 11) is 1.65. The van der Waals surface area contributed by atoms with Crippen LogP contribution in [-0.2, 0) is 6.42 Å². The first-order valence-electron chi connectivity index (χ1n) is 10.1. The second-order valence-electron chi connectivity index (χ2n) is 7.89. The van der Waals surface area contributed by atoms with Gasteiger partial charge in [-0.25, -0.2) is 0 Å². The molecule has 0 aromatic heterocycles. The van der Waals surface area contributed by atoms with Crippen molar-refractivity contribution >= 4 is 11.6 Å². The minimum absolute atomic E-state index is 0.0363. The van der Waals surface area contributed by atoms with E-state index in [1.54, 1.807) is 19.2 Å². The normalized spacial score (nSPS) is 21.0. The van der Waals surface area contributed by atoms with Gasteiger partial charge in [0.2, 0.25) is 0 Å². The van der Waals surface area contributed by atoms with Gasteiger partial charge in [0.1, 0.15) is 5.75 Å². The van der Waals surface area contributed by atoms with Crippen LogP contribution >= 0.6 is 0 Å². The first-order valence-corrected chi connectivity index (χ1v) is 10.1. The zero-order valence-electron chi connectivity index (χ0n) is 16.3. The fourth-order valence-electron chi connectivity index (χ4n) is 5.12. The molecular formula is C26H22O3. The Morgan fingerprint density at radius 3 is 2.07 bits per heavy atom. The van der Waals surface area contributed by atoms with Gasteiger partial charge in [-0.05, 0) is 47.6 Å². The lowest BCUT2D eigenvalue weighted by atomic mass is 9.65. The molecule has 0 amide bonds. The lowest BCUT2D eigenvalue weighted by molar-refractivity contribution is 0.0799. The fourth-order valence-corrected chi connectivity index (χ4v) is 5.12. The molecule has 0 saturated carbocycles. The molecule has 2 aliphatic rings. The van der Waals surface area contributed by atoms with Gasteiger partial charge in [-0.2, -0.15) is 0 Å². The van der Waals surface area contributed by atoms with Crippen molar-refractivity contribution in [2.75, 3.05) is 7.11 Å². The Morgan fingerprint density at radius 1 is 0.793 bits per heavy atom. The smallest absolute Gasteiger partial charge is 0.175 e. The molecule has 5 rings (SSSR count). The second kappa shape index (κ2) is 7.00. The van der Waals surface area contributed by atoms with E-state index >= 15 is 0 Å². The van der Waals surface area contributed by atoms with E-state index in [4.69, 9.17) is 4.74 Å². The van der Waals surface area contributed by atoms with Gasteiger partial charge in [-0.15, -0.1) is 0 Å². The van der Waals surface area contributed by atoms with Crippen LogP contribution in [0.4, 0.5) is 0 Å². The van der Waals surface area contributed by atoms with Crippen LogP contribution in [0.2, 0.25) is 0 Å². The van der Waals surface area contributed by atoms with Crippen LogP contribution in [0.15, 0.2) is 72.8 Å². The van der Waals surface area contributed by atoms with Gasteiger partial charge < -0.3 is 4.74 Å². The molecule has 0 N–H and O–H groups in total. The fraction of sp³-hybridized carbons (Fsp3) is 0.231. The van der Waals surface area contributed by atoms with Gasteiger partial charge in [0.05, 0.1) is 13.0 Å². The number of hydrogen-bond acceptors (Lipinski definition) is 3. The van der Waals surface area contributed by atoms with E-state index in [1.807, 2.05) is 36.4 Å². The van der Waals surface area contributed by atoms with Crippen molar-refractivity contribution in [3.05, 3.63) is 101 Å². The molecule has 0 radical (unpaired) electrons. The summed E-state index contributed by atoms with van der Waals surface area (Å²) >= 11 is 0. The number of carbonyl (C=O) groups excluding carboxylic acids is 2. The number of ketones is 2. The molecule has 2 aliphatic carbocycles. The first kappa shape index (κ1) is 17.9. The van der Waals surface area contributed by atoms with Crippen molar-refractivity contribution in [3.63, 3.8) is 0 Å². The lowest BCUT2D eigenvalue weighted by Gasteiger charge is -2.36. The lowest BCUT2D eigenvalue weighted by Crippen LogP contribution is -2.32. The number of carbonyl (C=O) groups is 2. The van der Waals surface area contributed by atoms with E-state index in [1.165, 1.54) is 5.56 Å². The third kappa shape index (κ3) is 2.80. The summed E-state index contributed by atoms with van der Waals surface area (Å²) in [4.78, 5) is 26.7. The van der Waals surface area contributed by atoms with Crippen LogP contribution < -0.4 is 4.74 Å². The molecule has 0 unspecified atom stereocenters. The van der Waals surface area contributed by atoms with Gasteiger partial charge in [0.15, 0.2) is 11.6 Å². The quantitative estimate of drug-likeness (QED) is 0.585. The maximum absolute atomic E-state index is 13.4. The number of benzene rings is 3. The van der Waals surface area contributed by atoms with Crippen LogP contribution in [0.5, 0.6) is 5.75 Å². The summed E-state index contributed by atoms with van der Waals surface area (Å²) in [6, 6.07) is 23.6. The highest BCUT2D eigenvalue weighted by atomic mass is 16.5. The molecule has 0 spiro atoms. The van der Waals surface area contributed by atoms with Crippen LogP contribution in [-0.4, -0.2) is 18.7 Å². The number of fused-ring (bicyclic) bond motifs is 2. The summed E-state index contributed by atoms with van der Waals surface area (Å²) in [5.41, 5.74) is 4.68. The summed E-state index contributed by atoms with van der Waals surface area (Å²) in [5.74, 6) is 0.0447. The van der Waals surface area contributed by atoms with Crippen molar-refractivity contribution in [1.82, 2.24) is 0 Å². The van der Waals surface area contributed by atoms with Crippen molar-refractivity contribution in [3.8, 4) is 5.75 Å². The van der Waals surface area contributed by atoms with Crippen molar-refractivity contribution < 1.29 is 14.3 Å². The zero-order chi connectivity index (χ0) is 20.0. The standard InChI is InChI=1S/C26H22O3/c1-29-18-13-10-17(11-14-18)20-15-12-16-6-2-3-7-19(16)23(20)24-25(27)21-8-4-5-9-22(21)26(24)28/h2-11,13-14,20,23-24H,12,15H2,1H3/t20-,23-/m0/s1. The molecule has 0 saturated heterocycles. The van der Waals surface area contributed by atoms with E-state index in [-0.39, 0.29) is 23.4 Å². The largest absolute Gasteiger partial charge is 0.497 e. The Balaban J connectivity index is 1.63. The molecular weight excluding hydrogens is 360 g/mol. The van der Waals surface area contributed by atoms with Crippen molar-refractivity contribution in [1.29, 1.82) is 0 Å². The van der Waals surface area contributed by atoms with Gasteiger partial charge in [-0.3, -0.25) is 9.59 Å². The molecule has 0 fully saturated rings. The number of methoxy groups -OCH3 is 1. The Morgan fingerprint density at radius 2 is 1.41 bits per heavy atom. The highest BCUT2D eigenvalue weighted by Gasteiger charge is 2.48. The number of Topliss-reactive ketones (excluding diaryl/α,β-unsaturated/α-hetero) is 2. The van der Waals surface area contributed by atoms with Gasteiger partial charge in [-0.1, -0.05) is 60.7 Å². The van der Waals surface area contributed by atoms with E-state index < -0.39 is 5.92 Å². The number of rotatable bonds is 3. The third-order valence-electron chi connectivity index (χ3n) is 6.50. The number of aryl methyl sites for hydroxylation is 1. The predicted octanol–water partition coefficient (Wildman–Crippen LogP) is 5.20. The Hall–Kier alpha value is -3.20. The van der Waals surface area contributed by atoms with E-state index in [0.717, 1.165) is 29.7 Å². The Labute approximate surface area is 170 Å². The van der Waals surface area contributed by atoms with Crippen LogP contribution in [0, 0.1) is 5.92 Å². The average molecular weight is 382 g/mol. The molecule has 0 bridgehead atoms. The average Bonchev–Trinajstić information content (AvgIpc) is 3.03. The van der Waals surface area contributed by atoms with Gasteiger partial charge >= 0.3 is 0 Å². The van der Waals surface area contributed by atoms with Crippen LogP contribution in [0.3, 0.4) is 0 Å². The zero-order valence-corrected chi connectivity index (χ0v) is 16.3. The molecule has 3 heteroatoms. The topological polar surface area (TPSA) is 43.4 Å². The number of hydrogen-bond donors (Lipinski definition) is 0. The summed E-state index contributed by atoms with van der Waals surface area (Å²) < 4.78 is 5.31. The van der Waals surface area contributed by atoms with Gasteiger partial charge in [0, 0.05) is 17.0 Å². The van der Waals surface area contributed by atoms with Gasteiger partial charge in [0.25, 0.3) is 0 Å². The predicted molar refractivity (Wildman–Crippen MR) is 112 cm³/mol. The van der Waals surface area contributed by atoms with E-state index in [2.05, 4.69) is 24.3 Å². The Bertz CT molecular complexity index is 1060. The highest BCUT2D eigenvalue weighted by Crippen LogP contribution is 2.50. The number of ether oxygens (including phenoxy) is 1. The minimum Gasteiger partial charge on any atom is -0.497 e. The molecule has 144 valence electrons. The summed E-state index contributed by atoms with van der Waals surface area (Å²) in [6.07, 6.45) is 1.87. The molecule has 3 aromatic carbocycles. The maximum atomic E-state index is 13.4. The summed E-state index contributed by atoms with van der Waals surface area (Å²) in [5, 5.41) is 0. The van der Waals surface area contributed by atoms with Crippen LogP contribution in [0.1, 0.15) is 55.7 Å². The molecule has 0 aliphatic heterocycles. The van der Waals surface area contributed by atoms with Crippen molar-refractivity contribution in [2.45, 2.75) is 24.7 Å². The van der Waals surface area contributed by atoms with E-state index in [0.29, 0.717) is 11.1 Å². The van der Waals surface area contributed by atoms with Crippen molar-refractivity contribution in [2.24, 2.45) is 5.92 Å². The second-order valence-corrected chi connectivity index (χ2v) is 7.89. The summed E-state index contributed by atoms with van der Waals surface area (Å²) in [6.45, 7) is 0. The molecule has 3 aromatic rings. The minimum atomic E-state index is -0.652. The molecule has 2 atom stereocenters. The molecule has 3 nitrogen and oxygen atoms in total. The van der Waals surface area contributed by atoms with E-state index in [9.17, 15) is 9.59 Å².